The molecule has 4 heteroatoms. The minimum absolute atomic E-state index is 0.298. The number of amides is 1. The molecule has 4 nitrogen and oxygen atoms in total. The molecule has 0 radical (unpaired) electrons. The molecule has 1 aliphatic heterocycles. The first kappa shape index (κ1) is 15.8. The Morgan fingerprint density at radius 3 is 2.43 bits per heavy atom. The van der Waals surface area contributed by atoms with E-state index in [1.165, 1.54) is 5.69 Å². The van der Waals surface area contributed by atoms with Gasteiger partial charge < -0.3 is 15.5 Å². The van der Waals surface area contributed by atoms with Gasteiger partial charge in [-0.25, -0.2) is 0 Å². The number of anilines is 1. The van der Waals surface area contributed by atoms with Gasteiger partial charge in [0.05, 0.1) is 0 Å². The van der Waals surface area contributed by atoms with Crippen molar-refractivity contribution < 1.29 is 4.79 Å². The summed E-state index contributed by atoms with van der Waals surface area (Å²) >= 11 is 0. The third-order valence-electron chi connectivity index (χ3n) is 4.26. The Morgan fingerprint density at radius 2 is 1.81 bits per heavy atom. The van der Waals surface area contributed by atoms with Crippen molar-refractivity contribution in [2.45, 2.75) is 26.2 Å². The van der Waals surface area contributed by atoms with Gasteiger partial charge in [0.25, 0.3) is 0 Å². The summed E-state index contributed by atoms with van der Waals surface area (Å²) in [5, 5.41) is 0. The van der Waals surface area contributed by atoms with Gasteiger partial charge in [0.15, 0.2) is 0 Å². The average Bonchev–Trinajstić information content (AvgIpc) is 2.54. The van der Waals surface area contributed by atoms with Gasteiger partial charge >= 0.3 is 0 Å². The van der Waals surface area contributed by atoms with Crippen molar-refractivity contribution in [1.82, 2.24) is 4.90 Å². The molecule has 1 amide bonds. The zero-order chi connectivity index (χ0) is 15.1. The van der Waals surface area contributed by atoms with E-state index >= 15 is 0 Å². The SMILES string of the molecule is CC(CCN)CCC(=O)N1CCN(c2ccccc2)CC1. The van der Waals surface area contributed by atoms with Crippen molar-refractivity contribution in [2.24, 2.45) is 11.7 Å². The van der Waals surface area contributed by atoms with Crippen molar-refractivity contribution in [3.63, 3.8) is 0 Å². The summed E-state index contributed by atoms with van der Waals surface area (Å²) in [4.78, 5) is 16.6. The van der Waals surface area contributed by atoms with E-state index in [0.717, 1.165) is 39.0 Å². The van der Waals surface area contributed by atoms with Gasteiger partial charge in [-0.3, -0.25) is 4.79 Å². The van der Waals surface area contributed by atoms with Gasteiger partial charge in [0.2, 0.25) is 5.91 Å². The molecule has 1 atom stereocenters. The number of hydrogen-bond donors (Lipinski definition) is 1. The largest absolute Gasteiger partial charge is 0.368 e. The molecular weight excluding hydrogens is 262 g/mol. The van der Waals surface area contributed by atoms with E-state index in [4.69, 9.17) is 5.73 Å². The van der Waals surface area contributed by atoms with E-state index in [1.54, 1.807) is 0 Å². The van der Waals surface area contributed by atoms with Crippen molar-refractivity contribution in [3.8, 4) is 0 Å². The Labute approximate surface area is 127 Å². The lowest BCUT2D eigenvalue weighted by Crippen LogP contribution is -2.48. The lowest BCUT2D eigenvalue weighted by atomic mass is 10.0. The first-order valence-corrected chi connectivity index (χ1v) is 7.98. The third kappa shape index (κ3) is 4.74. The summed E-state index contributed by atoms with van der Waals surface area (Å²) < 4.78 is 0. The average molecular weight is 289 g/mol. The number of carbonyl (C=O) groups is 1. The van der Waals surface area contributed by atoms with Crippen LogP contribution in [0.4, 0.5) is 5.69 Å². The van der Waals surface area contributed by atoms with Gasteiger partial charge in [-0.15, -0.1) is 0 Å². The second-order valence-corrected chi connectivity index (χ2v) is 5.92. The summed E-state index contributed by atoms with van der Waals surface area (Å²) in [6, 6.07) is 10.4. The summed E-state index contributed by atoms with van der Waals surface area (Å²) in [6.07, 6.45) is 2.62. The number of carbonyl (C=O) groups excluding carboxylic acids is 1. The quantitative estimate of drug-likeness (QED) is 0.872. The summed E-state index contributed by atoms with van der Waals surface area (Å²) in [6.45, 7) is 6.40. The minimum atomic E-state index is 0.298. The smallest absolute Gasteiger partial charge is 0.222 e. The molecule has 1 aromatic rings. The van der Waals surface area contributed by atoms with Crippen LogP contribution in [0.5, 0.6) is 0 Å². The van der Waals surface area contributed by atoms with Crippen molar-refractivity contribution in [3.05, 3.63) is 30.3 Å². The number of rotatable bonds is 6. The van der Waals surface area contributed by atoms with Crippen molar-refractivity contribution in [1.29, 1.82) is 0 Å². The Bertz CT molecular complexity index is 427. The molecule has 0 aliphatic carbocycles. The van der Waals surface area contributed by atoms with Crippen molar-refractivity contribution >= 4 is 11.6 Å². The highest BCUT2D eigenvalue weighted by atomic mass is 16.2. The number of piperazine rings is 1. The maximum Gasteiger partial charge on any atom is 0.222 e. The molecule has 116 valence electrons. The maximum absolute atomic E-state index is 12.2. The highest BCUT2D eigenvalue weighted by Gasteiger charge is 2.21. The highest BCUT2D eigenvalue weighted by Crippen LogP contribution is 2.17. The lowest BCUT2D eigenvalue weighted by Gasteiger charge is -2.36. The zero-order valence-electron chi connectivity index (χ0n) is 13.0. The van der Waals surface area contributed by atoms with Gasteiger partial charge in [-0.2, -0.15) is 0 Å². The van der Waals surface area contributed by atoms with E-state index in [1.807, 2.05) is 11.0 Å². The number of benzene rings is 1. The monoisotopic (exact) mass is 289 g/mol. The van der Waals surface area contributed by atoms with Crippen LogP contribution in [0.15, 0.2) is 30.3 Å². The summed E-state index contributed by atoms with van der Waals surface area (Å²) in [5.41, 5.74) is 6.80. The molecule has 1 aliphatic rings. The summed E-state index contributed by atoms with van der Waals surface area (Å²) in [7, 11) is 0. The van der Waals surface area contributed by atoms with E-state index in [9.17, 15) is 4.79 Å². The third-order valence-corrected chi connectivity index (χ3v) is 4.26. The number of nitrogens with zero attached hydrogens (tertiary/aromatic N) is 2. The van der Waals surface area contributed by atoms with E-state index in [2.05, 4.69) is 36.1 Å². The van der Waals surface area contributed by atoms with Crippen molar-refractivity contribution in [2.75, 3.05) is 37.6 Å². The Hall–Kier alpha value is -1.55. The van der Waals surface area contributed by atoms with Gasteiger partial charge in [-0.1, -0.05) is 25.1 Å². The normalized spacial score (nSPS) is 16.9. The number of hydrogen-bond acceptors (Lipinski definition) is 3. The lowest BCUT2D eigenvalue weighted by molar-refractivity contribution is -0.131. The van der Waals surface area contributed by atoms with Crippen LogP contribution in [-0.4, -0.2) is 43.5 Å². The van der Waals surface area contributed by atoms with E-state index in [0.29, 0.717) is 24.8 Å². The van der Waals surface area contributed by atoms with Crippen LogP contribution in [-0.2, 0) is 4.79 Å². The van der Waals surface area contributed by atoms with E-state index < -0.39 is 0 Å². The fourth-order valence-electron chi connectivity index (χ4n) is 2.81. The predicted molar refractivity (Wildman–Crippen MR) is 87.3 cm³/mol. The first-order valence-electron chi connectivity index (χ1n) is 7.98. The Morgan fingerprint density at radius 1 is 1.14 bits per heavy atom. The Kier molecular flexibility index (Phi) is 6.05. The standard InChI is InChI=1S/C17H27N3O/c1-15(9-10-18)7-8-17(21)20-13-11-19(12-14-20)16-5-3-2-4-6-16/h2-6,15H,7-14,18H2,1H3. The molecule has 1 aromatic carbocycles. The fourth-order valence-corrected chi connectivity index (χ4v) is 2.81. The van der Waals surface area contributed by atoms with Crippen LogP contribution < -0.4 is 10.6 Å². The predicted octanol–water partition coefficient (Wildman–Crippen LogP) is 2.10. The van der Waals surface area contributed by atoms with Crippen LogP contribution in [0.3, 0.4) is 0 Å². The Balaban J connectivity index is 1.74. The zero-order valence-corrected chi connectivity index (χ0v) is 13.0. The molecule has 1 fully saturated rings. The van der Waals surface area contributed by atoms with Gasteiger partial charge in [0.1, 0.15) is 0 Å². The molecule has 2 rings (SSSR count). The maximum atomic E-state index is 12.2. The number of para-hydroxylation sites is 1. The molecular formula is C17H27N3O. The molecule has 1 saturated heterocycles. The molecule has 21 heavy (non-hydrogen) atoms. The molecule has 0 aromatic heterocycles. The second kappa shape index (κ2) is 8.03. The molecule has 1 unspecified atom stereocenters. The van der Waals surface area contributed by atoms with Gasteiger partial charge in [0, 0.05) is 38.3 Å². The van der Waals surface area contributed by atoms with Crippen LogP contribution in [0.25, 0.3) is 0 Å². The molecule has 2 N–H and O–H groups in total. The van der Waals surface area contributed by atoms with Crippen LogP contribution >= 0.6 is 0 Å². The number of nitrogens with two attached hydrogens (primary N) is 1. The molecule has 0 bridgehead atoms. The highest BCUT2D eigenvalue weighted by molar-refractivity contribution is 5.76. The minimum Gasteiger partial charge on any atom is -0.368 e. The van der Waals surface area contributed by atoms with E-state index in [-0.39, 0.29) is 0 Å². The molecule has 0 spiro atoms. The fraction of sp³-hybridized carbons (Fsp3) is 0.588. The first-order chi connectivity index (χ1) is 10.2. The second-order valence-electron chi connectivity index (χ2n) is 5.92. The topological polar surface area (TPSA) is 49.6 Å². The van der Waals surface area contributed by atoms with Crippen LogP contribution in [0, 0.1) is 5.92 Å². The molecule has 1 heterocycles. The van der Waals surface area contributed by atoms with Gasteiger partial charge in [-0.05, 0) is 37.4 Å². The van der Waals surface area contributed by atoms with Crippen LogP contribution in [0.1, 0.15) is 26.2 Å². The molecule has 0 saturated carbocycles. The summed E-state index contributed by atoms with van der Waals surface area (Å²) in [5.74, 6) is 0.844. The van der Waals surface area contributed by atoms with Crippen LogP contribution in [0.2, 0.25) is 0 Å².